The number of nitrogen functional groups attached to an aromatic ring is 2. The summed E-state index contributed by atoms with van der Waals surface area (Å²) in [5, 5.41) is 0. The molecule has 2 aliphatic rings. The summed E-state index contributed by atoms with van der Waals surface area (Å²) in [4.78, 5) is 5.11. The van der Waals surface area contributed by atoms with E-state index in [0.717, 1.165) is 23.2 Å². The molecule has 4 heteroatoms. The highest BCUT2D eigenvalue weighted by atomic mass is 15.1. The molecule has 0 amide bonds. The Morgan fingerprint density at radius 3 is 1.41 bits per heavy atom. The molecule has 4 N–H and O–H groups in total. The Bertz CT molecular complexity index is 761. The van der Waals surface area contributed by atoms with Gasteiger partial charge in [-0.25, -0.2) is 0 Å². The Hall–Kier alpha value is -2.36. The van der Waals surface area contributed by atoms with Gasteiger partial charge in [0.2, 0.25) is 0 Å². The summed E-state index contributed by atoms with van der Waals surface area (Å²) >= 11 is 0. The van der Waals surface area contributed by atoms with Gasteiger partial charge in [-0.2, -0.15) is 0 Å². The lowest BCUT2D eigenvalue weighted by Crippen LogP contribution is -2.37. The number of aryl methyl sites for hydroxylation is 2. The van der Waals surface area contributed by atoms with E-state index in [0.29, 0.717) is 0 Å². The van der Waals surface area contributed by atoms with E-state index >= 15 is 0 Å². The van der Waals surface area contributed by atoms with Gasteiger partial charge < -0.3 is 21.3 Å². The number of piperidine rings is 2. The topological polar surface area (TPSA) is 58.5 Å². The zero-order valence-electron chi connectivity index (χ0n) is 18.0. The van der Waals surface area contributed by atoms with Crippen molar-refractivity contribution in [1.29, 1.82) is 0 Å². The van der Waals surface area contributed by atoms with Crippen molar-refractivity contribution in [3.05, 3.63) is 47.5 Å². The quantitative estimate of drug-likeness (QED) is 0.720. The first-order valence-corrected chi connectivity index (χ1v) is 11.2. The predicted molar refractivity (Wildman–Crippen MR) is 126 cm³/mol. The molecule has 4 nitrogen and oxygen atoms in total. The summed E-state index contributed by atoms with van der Waals surface area (Å²) in [6.45, 7) is 9.07. The molecule has 0 aromatic heterocycles. The number of benzene rings is 2. The van der Waals surface area contributed by atoms with E-state index < -0.39 is 0 Å². The summed E-state index contributed by atoms with van der Waals surface area (Å²) in [5.74, 6) is 1.77. The molecule has 2 aliphatic heterocycles. The summed E-state index contributed by atoms with van der Waals surface area (Å²) in [6.07, 6.45) is 6.69. The molecule has 2 fully saturated rings. The molecule has 4 rings (SSSR count). The largest absolute Gasteiger partial charge is 0.399 e. The van der Waals surface area contributed by atoms with E-state index in [1.165, 1.54) is 80.8 Å². The van der Waals surface area contributed by atoms with Crippen LogP contribution in [0, 0.1) is 25.7 Å². The summed E-state index contributed by atoms with van der Waals surface area (Å²) in [7, 11) is 0. The van der Waals surface area contributed by atoms with Gasteiger partial charge in [0, 0.05) is 48.9 Å². The zero-order valence-corrected chi connectivity index (χ0v) is 18.0. The number of hydrogen-bond donors (Lipinski definition) is 2. The molecule has 29 heavy (non-hydrogen) atoms. The van der Waals surface area contributed by atoms with Gasteiger partial charge in [-0.05, 0) is 105 Å². The Morgan fingerprint density at radius 1 is 0.690 bits per heavy atom. The van der Waals surface area contributed by atoms with Gasteiger partial charge in [0.15, 0.2) is 0 Å². The second-order valence-corrected chi connectivity index (χ2v) is 9.19. The summed E-state index contributed by atoms with van der Waals surface area (Å²) < 4.78 is 0. The van der Waals surface area contributed by atoms with Crippen LogP contribution < -0.4 is 21.3 Å². The van der Waals surface area contributed by atoms with E-state index in [4.69, 9.17) is 11.5 Å². The third kappa shape index (κ3) is 4.63. The molecule has 0 aliphatic carbocycles. The third-order valence-electron chi connectivity index (χ3n) is 7.02. The number of hydrogen-bond acceptors (Lipinski definition) is 4. The average molecular weight is 393 g/mol. The van der Waals surface area contributed by atoms with Crippen molar-refractivity contribution in [2.45, 2.75) is 46.0 Å². The first kappa shape index (κ1) is 19.9. The summed E-state index contributed by atoms with van der Waals surface area (Å²) in [6, 6.07) is 12.6. The van der Waals surface area contributed by atoms with Crippen LogP contribution in [0.4, 0.5) is 22.7 Å². The van der Waals surface area contributed by atoms with Gasteiger partial charge >= 0.3 is 0 Å². The van der Waals surface area contributed by atoms with Gasteiger partial charge in [0.05, 0.1) is 0 Å². The standard InChI is InChI=1S/C25H36N4/c1-18-15-22(26)3-5-24(18)28-11-7-20(8-12-28)17-21-9-13-29(14-10-21)25-6-4-23(27)16-19(25)2/h3-6,15-16,20-21H,7-14,17,26-27H2,1-2H3. The van der Waals surface area contributed by atoms with Crippen LogP contribution in [0.1, 0.15) is 43.2 Å². The molecule has 0 atom stereocenters. The van der Waals surface area contributed by atoms with Crippen LogP contribution in [0.2, 0.25) is 0 Å². The fraction of sp³-hybridized carbons (Fsp3) is 0.520. The highest BCUT2D eigenvalue weighted by Gasteiger charge is 2.26. The molecule has 156 valence electrons. The maximum absolute atomic E-state index is 5.92. The monoisotopic (exact) mass is 392 g/mol. The van der Waals surface area contributed by atoms with Crippen LogP contribution in [0.5, 0.6) is 0 Å². The van der Waals surface area contributed by atoms with E-state index in [-0.39, 0.29) is 0 Å². The van der Waals surface area contributed by atoms with Crippen LogP contribution >= 0.6 is 0 Å². The first-order valence-electron chi connectivity index (χ1n) is 11.2. The molecule has 2 heterocycles. The molecular formula is C25H36N4. The number of rotatable bonds is 4. The van der Waals surface area contributed by atoms with Crippen LogP contribution in [-0.2, 0) is 0 Å². The Labute approximate surface area is 175 Å². The second-order valence-electron chi connectivity index (χ2n) is 9.19. The highest BCUT2D eigenvalue weighted by Crippen LogP contribution is 2.34. The lowest BCUT2D eigenvalue weighted by atomic mass is 9.82. The lowest BCUT2D eigenvalue weighted by molar-refractivity contribution is 0.279. The lowest BCUT2D eigenvalue weighted by Gasteiger charge is -2.39. The number of nitrogens with two attached hydrogens (primary N) is 2. The van der Waals surface area contributed by atoms with Gasteiger partial charge in [-0.15, -0.1) is 0 Å². The first-order chi connectivity index (χ1) is 14.0. The second kappa shape index (κ2) is 8.56. The molecule has 0 spiro atoms. The normalized spacial score (nSPS) is 19.0. The smallest absolute Gasteiger partial charge is 0.0397 e. The Balaban J connectivity index is 1.25. The van der Waals surface area contributed by atoms with E-state index in [1.807, 2.05) is 12.1 Å². The van der Waals surface area contributed by atoms with Gasteiger partial charge in [0.1, 0.15) is 0 Å². The van der Waals surface area contributed by atoms with E-state index in [2.05, 4.69) is 47.9 Å². The van der Waals surface area contributed by atoms with Crippen molar-refractivity contribution in [2.24, 2.45) is 11.8 Å². The number of nitrogens with zero attached hydrogens (tertiary/aromatic N) is 2. The van der Waals surface area contributed by atoms with Gasteiger partial charge in [-0.1, -0.05) is 0 Å². The maximum atomic E-state index is 5.92. The molecule has 0 unspecified atom stereocenters. The Morgan fingerprint density at radius 2 is 1.07 bits per heavy atom. The molecule has 0 radical (unpaired) electrons. The average Bonchev–Trinajstić information content (AvgIpc) is 2.70. The molecule has 0 saturated carbocycles. The van der Waals surface area contributed by atoms with Gasteiger partial charge in [-0.3, -0.25) is 0 Å². The molecule has 2 saturated heterocycles. The van der Waals surface area contributed by atoms with Crippen LogP contribution in [0.15, 0.2) is 36.4 Å². The van der Waals surface area contributed by atoms with Crippen molar-refractivity contribution in [3.8, 4) is 0 Å². The van der Waals surface area contributed by atoms with Crippen molar-refractivity contribution >= 4 is 22.7 Å². The minimum absolute atomic E-state index is 0.863. The highest BCUT2D eigenvalue weighted by molar-refractivity contribution is 5.60. The van der Waals surface area contributed by atoms with Crippen molar-refractivity contribution in [1.82, 2.24) is 0 Å². The van der Waals surface area contributed by atoms with Crippen molar-refractivity contribution in [3.63, 3.8) is 0 Å². The molecule has 0 bridgehead atoms. The number of anilines is 4. The van der Waals surface area contributed by atoms with Crippen molar-refractivity contribution in [2.75, 3.05) is 47.4 Å². The minimum Gasteiger partial charge on any atom is -0.399 e. The van der Waals surface area contributed by atoms with E-state index in [1.54, 1.807) is 0 Å². The molecular weight excluding hydrogens is 356 g/mol. The van der Waals surface area contributed by atoms with Gasteiger partial charge in [0.25, 0.3) is 0 Å². The van der Waals surface area contributed by atoms with Crippen molar-refractivity contribution < 1.29 is 0 Å². The maximum Gasteiger partial charge on any atom is 0.0397 e. The fourth-order valence-corrected chi connectivity index (χ4v) is 5.36. The Kier molecular flexibility index (Phi) is 5.89. The zero-order chi connectivity index (χ0) is 20.4. The SMILES string of the molecule is Cc1cc(N)ccc1N1CCC(CC2CCN(c3ccc(N)cc3C)CC2)CC1. The van der Waals surface area contributed by atoms with Crippen LogP contribution in [0.25, 0.3) is 0 Å². The minimum atomic E-state index is 0.863. The molecule has 2 aromatic rings. The predicted octanol–water partition coefficient (Wildman–Crippen LogP) is 4.99. The molecule has 2 aromatic carbocycles. The van der Waals surface area contributed by atoms with Crippen LogP contribution in [-0.4, -0.2) is 26.2 Å². The van der Waals surface area contributed by atoms with Crippen LogP contribution in [0.3, 0.4) is 0 Å². The summed E-state index contributed by atoms with van der Waals surface area (Å²) in [5.41, 5.74) is 18.9. The third-order valence-corrected chi connectivity index (χ3v) is 7.02. The fourth-order valence-electron chi connectivity index (χ4n) is 5.36. The van der Waals surface area contributed by atoms with E-state index in [9.17, 15) is 0 Å².